The highest BCUT2D eigenvalue weighted by Crippen LogP contribution is 2.52. The average Bonchev–Trinajstić information content (AvgIpc) is 3.43. The molecule has 4 rings (SSSR count). The number of likely N-dealkylation sites (tertiary alicyclic amines) is 1. The van der Waals surface area contributed by atoms with Crippen molar-refractivity contribution in [2.24, 2.45) is 28.7 Å². The van der Waals surface area contributed by atoms with Crippen LogP contribution in [0.2, 0.25) is 0 Å². The van der Waals surface area contributed by atoms with Crippen molar-refractivity contribution in [2.45, 2.75) is 19.8 Å². The number of imide groups is 1. The Hall–Kier alpha value is -2.83. The lowest BCUT2D eigenvalue weighted by Crippen LogP contribution is -2.43. The summed E-state index contributed by atoms with van der Waals surface area (Å²) in [5, 5.41) is 6.47. The third-order valence-corrected chi connectivity index (χ3v) is 6.34. The van der Waals surface area contributed by atoms with Gasteiger partial charge in [-0.1, -0.05) is 24.3 Å². The lowest BCUT2D eigenvalue weighted by Gasteiger charge is -2.18. The first-order chi connectivity index (χ1) is 14.6. The van der Waals surface area contributed by atoms with Crippen LogP contribution in [0.5, 0.6) is 5.75 Å². The Kier molecular flexibility index (Phi) is 6.06. The third-order valence-electron chi connectivity index (χ3n) is 6.34. The molecule has 2 N–H and O–H groups in total. The molecule has 1 saturated heterocycles. The van der Waals surface area contributed by atoms with Gasteiger partial charge in [0.25, 0.3) is 0 Å². The third kappa shape index (κ3) is 3.93. The number of benzene rings is 1. The number of fused-ring (bicyclic) bond motifs is 5. The Bertz CT molecular complexity index is 836. The van der Waals surface area contributed by atoms with Crippen molar-refractivity contribution in [3.63, 3.8) is 0 Å². The van der Waals surface area contributed by atoms with Gasteiger partial charge in [0.05, 0.1) is 18.9 Å². The molecule has 2 bridgehead atoms. The summed E-state index contributed by atoms with van der Waals surface area (Å²) in [7, 11) is 1.66. The Morgan fingerprint density at radius 2 is 1.90 bits per heavy atom. The van der Waals surface area contributed by atoms with Gasteiger partial charge >= 0.3 is 0 Å². The van der Waals surface area contributed by atoms with Crippen LogP contribution in [0.4, 0.5) is 0 Å². The quantitative estimate of drug-likeness (QED) is 0.294. The fourth-order valence-corrected chi connectivity index (χ4v) is 4.94. The van der Waals surface area contributed by atoms with Crippen molar-refractivity contribution in [2.75, 3.05) is 33.3 Å². The Balaban J connectivity index is 1.28. The zero-order valence-corrected chi connectivity index (χ0v) is 17.6. The maximum Gasteiger partial charge on any atom is 0.233 e. The first-order valence-corrected chi connectivity index (χ1v) is 10.8. The van der Waals surface area contributed by atoms with Gasteiger partial charge in [0.1, 0.15) is 5.75 Å². The van der Waals surface area contributed by atoms with Crippen LogP contribution in [0.25, 0.3) is 0 Å². The summed E-state index contributed by atoms with van der Waals surface area (Å²) in [6.45, 7) is 4.25. The monoisotopic (exact) mass is 410 g/mol. The minimum Gasteiger partial charge on any atom is -0.497 e. The van der Waals surface area contributed by atoms with Crippen molar-refractivity contribution in [1.29, 1.82) is 0 Å². The largest absolute Gasteiger partial charge is 0.497 e. The second-order valence-electron chi connectivity index (χ2n) is 8.12. The molecule has 2 aliphatic carbocycles. The van der Waals surface area contributed by atoms with E-state index in [9.17, 15) is 9.59 Å². The van der Waals surface area contributed by atoms with Crippen molar-refractivity contribution >= 4 is 17.8 Å². The molecule has 3 aliphatic rings. The molecule has 4 atom stereocenters. The van der Waals surface area contributed by atoms with Crippen molar-refractivity contribution in [3.8, 4) is 5.75 Å². The highest BCUT2D eigenvalue weighted by molar-refractivity contribution is 6.06. The number of ether oxygens (including phenoxy) is 1. The molecule has 1 aliphatic heterocycles. The molecular weight excluding hydrogens is 380 g/mol. The molecular formula is C23H30N4O3. The van der Waals surface area contributed by atoms with Gasteiger partial charge in [-0.2, -0.15) is 0 Å². The summed E-state index contributed by atoms with van der Waals surface area (Å²) in [6.07, 6.45) is 6.01. The number of methoxy groups -OCH3 is 1. The van der Waals surface area contributed by atoms with Gasteiger partial charge in [0.15, 0.2) is 5.96 Å². The number of carbonyl (C=O) groups excluding carboxylic acids is 2. The van der Waals surface area contributed by atoms with Crippen LogP contribution in [0, 0.1) is 23.7 Å². The number of hydrogen-bond donors (Lipinski definition) is 2. The number of nitrogens with zero attached hydrogens (tertiary/aromatic N) is 2. The molecule has 1 heterocycles. The van der Waals surface area contributed by atoms with Gasteiger partial charge in [-0.3, -0.25) is 19.5 Å². The van der Waals surface area contributed by atoms with Crippen LogP contribution in [-0.2, 0) is 16.0 Å². The number of guanidine groups is 1. The van der Waals surface area contributed by atoms with Gasteiger partial charge in [-0.25, -0.2) is 0 Å². The van der Waals surface area contributed by atoms with Gasteiger partial charge in [0, 0.05) is 26.2 Å². The standard InChI is InChI=1S/C23H30N4O3/c1-3-24-23(25-10-9-15-5-4-6-18(13-15)30-2)26-11-12-27-21(28)19-16-7-8-17(14-16)20(19)22(27)29/h4-8,13,16-17,19-20H,3,9-12,14H2,1-2H3,(H2,24,25,26). The zero-order valence-electron chi connectivity index (χ0n) is 17.6. The molecule has 0 spiro atoms. The highest BCUT2D eigenvalue weighted by Gasteiger charge is 2.58. The van der Waals surface area contributed by atoms with E-state index in [1.165, 1.54) is 4.90 Å². The van der Waals surface area contributed by atoms with E-state index in [-0.39, 0.29) is 35.5 Å². The molecule has 160 valence electrons. The van der Waals surface area contributed by atoms with Crippen molar-refractivity contribution < 1.29 is 14.3 Å². The number of nitrogens with one attached hydrogen (secondary N) is 2. The topological polar surface area (TPSA) is 83.0 Å². The molecule has 1 aromatic carbocycles. The molecule has 7 heteroatoms. The molecule has 2 amide bonds. The van der Waals surface area contributed by atoms with Crippen LogP contribution in [-0.4, -0.2) is 56.0 Å². The van der Waals surface area contributed by atoms with Crippen LogP contribution < -0.4 is 15.4 Å². The SMILES string of the molecule is CCNC(=NCCc1cccc(OC)c1)NCCN1C(=O)C2C3C=CC(C3)C2C1=O. The summed E-state index contributed by atoms with van der Waals surface area (Å²) >= 11 is 0. The minimum absolute atomic E-state index is 0.00335. The molecule has 0 aromatic heterocycles. The fraction of sp³-hybridized carbons (Fsp3) is 0.522. The molecule has 1 saturated carbocycles. The van der Waals surface area contributed by atoms with E-state index in [4.69, 9.17) is 4.74 Å². The maximum absolute atomic E-state index is 12.8. The summed E-state index contributed by atoms with van der Waals surface area (Å²) in [5.74, 6) is 1.80. The van der Waals surface area contributed by atoms with E-state index in [2.05, 4.69) is 33.8 Å². The number of aliphatic imine (C=N–C) groups is 1. The molecule has 4 unspecified atom stereocenters. The van der Waals surface area contributed by atoms with E-state index >= 15 is 0 Å². The fourth-order valence-electron chi connectivity index (χ4n) is 4.94. The van der Waals surface area contributed by atoms with E-state index < -0.39 is 0 Å². The van der Waals surface area contributed by atoms with Crippen LogP contribution >= 0.6 is 0 Å². The number of allylic oxidation sites excluding steroid dienone is 2. The van der Waals surface area contributed by atoms with Gasteiger partial charge < -0.3 is 15.4 Å². The predicted octanol–water partition coefficient (Wildman–Crippen LogP) is 1.60. The summed E-state index contributed by atoms with van der Waals surface area (Å²) in [4.78, 5) is 31.6. The number of hydrogen-bond acceptors (Lipinski definition) is 4. The second-order valence-corrected chi connectivity index (χ2v) is 8.12. The lowest BCUT2D eigenvalue weighted by molar-refractivity contribution is -0.140. The molecule has 7 nitrogen and oxygen atoms in total. The second kappa shape index (κ2) is 8.90. The Morgan fingerprint density at radius 1 is 1.17 bits per heavy atom. The van der Waals surface area contributed by atoms with Gasteiger partial charge in [0.2, 0.25) is 11.8 Å². The molecule has 0 radical (unpaired) electrons. The molecule has 1 aromatic rings. The zero-order chi connectivity index (χ0) is 21.1. The van der Waals surface area contributed by atoms with E-state index in [0.29, 0.717) is 25.6 Å². The molecule has 30 heavy (non-hydrogen) atoms. The highest BCUT2D eigenvalue weighted by atomic mass is 16.5. The van der Waals surface area contributed by atoms with E-state index in [1.807, 2.05) is 25.1 Å². The van der Waals surface area contributed by atoms with Gasteiger partial charge in [-0.05, 0) is 49.3 Å². The first-order valence-electron chi connectivity index (χ1n) is 10.8. The summed E-state index contributed by atoms with van der Waals surface area (Å²) in [6, 6.07) is 7.97. The van der Waals surface area contributed by atoms with Crippen LogP contribution in [0.1, 0.15) is 18.9 Å². The summed E-state index contributed by atoms with van der Waals surface area (Å²) in [5.41, 5.74) is 1.16. The summed E-state index contributed by atoms with van der Waals surface area (Å²) < 4.78 is 5.26. The van der Waals surface area contributed by atoms with Crippen molar-refractivity contribution in [1.82, 2.24) is 15.5 Å². The predicted molar refractivity (Wildman–Crippen MR) is 115 cm³/mol. The Labute approximate surface area is 177 Å². The maximum atomic E-state index is 12.8. The van der Waals surface area contributed by atoms with Gasteiger partial charge in [-0.15, -0.1) is 0 Å². The smallest absolute Gasteiger partial charge is 0.233 e. The number of rotatable bonds is 8. The van der Waals surface area contributed by atoms with E-state index in [1.54, 1.807) is 7.11 Å². The minimum atomic E-state index is -0.128. The van der Waals surface area contributed by atoms with Crippen LogP contribution in [0.3, 0.4) is 0 Å². The number of amides is 2. The average molecular weight is 411 g/mol. The van der Waals surface area contributed by atoms with E-state index in [0.717, 1.165) is 30.7 Å². The molecule has 2 fully saturated rings. The van der Waals surface area contributed by atoms with Crippen LogP contribution in [0.15, 0.2) is 41.4 Å². The lowest BCUT2D eigenvalue weighted by atomic mass is 9.85. The number of carbonyl (C=O) groups is 2. The Morgan fingerprint density at radius 3 is 2.57 bits per heavy atom. The van der Waals surface area contributed by atoms with Crippen molar-refractivity contribution in [3.05, 3.63) is 42.0 Å². The first kappa shape index (κ1) is 20.4. The normalized spacial score (nSPS) is 27.0.